The molecule has 2 rings (SSSR count). The lowest BCUT2D eigenvalue weighted by Crippen LogP contribution is -2.37. The number of benzene rings is 2. The van der Waals surface area contributed by atoms with Crippen LogP contribution in [-0.4, -0.2) is 32.8 Å². The minimum atomic E-state index is 0.463. The van der Waals surface area contributed by atoms with Crippen LogP contribution >= 0.6 is 11.6 Å². The molecular formula is C22H30ClN3O2. The van der Waals surface area contributed by atoms with Gasteiger partial charge in [-0.1, -0.05) is 48.0 Å². The van der Waals surface area contributed by atoms with Gasteiger partial charge in [0.05, 0.1) is 5.02 Å². The molecule has 0 fully saturated rings. The Labute approximate surface area is 173 Å². The van der Waals surface area contributed by atoms with E-state index in [0.29, 0.717) is 23.9 Å². The molecule has 28 heavy (non-hydrogen) atoms. The fourth-order valence-corrected chi connectivity index (χ4v) is 2.86. The molecule has 0 aliphatic rings. The van der Waals surface area contributed by atoms with Gasteiger partial charge in [0.15, 0.2) is 5.96 Å². The Morgan fingerprint density at radius 3 is 2.50 bits per heavy atom. The van der Waals surface area contributed by atoms with Crippen molar-refractivity contribution in [2.75, 3.05) is 26.8 Å². The average Bonchev–Trinajstić information content (AvgIpc) is 2.73. The van der Waals surface area contributed by atoms with Crippen LogP contribution in [0.25, 0.3) is 0 Å². The Morgan fingerprint density at radius 1 is 1.00 bits per heavy atom. The molecule has 2 aromatic rings. The third kappa shape index (κ3) is 7.79. The van der Waals surface area contributed by atoms with Crippen molar-refractivity contribution in [2.45, 2.75) is 32.9 Å². The standard InChI is InChI=1S/C22H30ClN3O2/c1-3-27-15-9-8-14-25-22(24-2)26-16-18-10-4-5-11-19(18)17-28-21-13-7-6-12-20(21)23/h4-7,10-13H,3,8-9,14-17H2,1-2H3,(H2,24,25,26). The van der Waals surface area contributed by atoms with E-state index in [9.17, 15) is 0 Å². The Hall–Kier alpha value is -2.24. The second kappa shape index (κ2) is 13.0. The molecule has 0 amide bonds. The largest absolute Gasteiger partial charge is 0.487 e. The molecule has 0 heterocycles. The third-order valence-corrected chi connectivity index (χ3v) is 4.53. The number of guanidine groups is 1. The molecule has 0 aliphatic carbocycles. The molecule has 0 aliphatic heterocycles. The number of nitrogens with zero attached hydrogens (tertiary/aromatic N) is 1. The van der Waals surface area contributed by atoms with Crippen molar-refractivity contribution < 1.29 is 9.47 Å². The van der Waals surface area contributed by atoms with Gasteiger partial charge in [-0.25, -0.2) is 0 Å². The molecule has 0 saturated heterocycles. The number of para-hydroxylation sites is 1. The molecule has 0 bridgehead atoms. The van der Waals surface area contributed by atoms with Crippen LogP contribution in [0.3, 0.4) is 0 Å². The molecule has 2 aromatic carbocycles. The van der Waals surface area contributed by atoms with Crippen LogP contribution in [0.1, 0.15) is 30.9 Å². The highest BCUT2D eigenvalue weighted by atomic mass is 35.5. The van der Waals surface area contributed by atoms with Crippen LogP contribution in [0, 0.1) is 0 Å². The fourth-order valence-electron chi connectivity index (χ4n) is 2.67. The molecule has 0 atom stereocenters. The Bertz CT molecular complexity index is 737. The quantitative estimate of drug-likeness (QED) is 0.331. The molecule has 0 spiro atoms. The number of nitrogens with one attached hydrogen (secondary N) is 2. The van der Waals surface area contributed by atoms with Crippen molar-refractivity contribution in [3.8, 4) is 5.75 Å². The maximum Gasteiger partial charge on any atom is 0.191 e. The Morgan fingerprint density at radius 2 is 1.75 bits per heavy atom. The van der Waals surface area contributed by atoms with Gasteiger partial charge in [-0.05, 0) is 43.0 Å². The predicted octanol–water partition coefficient (Wildman–Crippen LogP) is 4.40. The van der Waals surface area contributed by atoms with E-state index in [1.807, 2.05) is 43.3 Å². The topological polar surface area (TPSA) is 54.9 Å². The highest BCUT2D eigenvalue weighted by Crippen LogP contribution is 2.24. The molecule has 0 saturated carbocycles. The molecule has 5 nitrogen and oxygen atoms in total. The van der Waals surface area contributed by atoms with Crippen molar-refractivity contribution in [1.82, 2.24) is 10.6 Å². The minimum absolute atomic E-state index is 0.463. The summed E-state index contributed by atoms with van der Waals surface area (Å²) in [6.45, 7) is 5.59. The van der Waals surface area contributed by atoms with Crippen molar-refractivity contribution in [1.29, 1.82) is 0 Å². The molecule has 6 heteroatoms. The van der Waals surface area contributed by atoms with Crippen LogP contribution in [0.5, 0.6) is 5.75 Å². The van der Waals surface area contributed by atoms with E-state index in [4.69, 9.17) is 21.1 Å². The zero-order valence-corrected chi connectivity index (χ0v) is 17.5. The van der Waals surface area contributed by atoms with E-state index in [0.717, 1.165) is 49.7 Å². The first-order chi connectivity index (χ1) is 13.7. The second-order valence-electron chi connectivity index (χ2n) is 6.24. The Balaban J connectivity index is 1.82. The summed E-state index contributed by atoms with van der Waals surface area (Å²) in [5, 5.41) is 7.32. The molecule has 152 valence electrons. The SMILES string of the molecule is CCOCCCCNC(=NC)NCc1ccccc1COc1ccccc1Cl. The van der Waals surface area contributed by atoms with E-state index < -0.39 is 0 Å². The highest BCUT2D eigenvalue weighted by Gasteiger charge is 2.06. The summed E-state index contributed by atoms with van der Waals surface area (Å²) >= 11 is 6.17. The Kier molecular flexibility index (Phi) is 10.3. The van der Waals surface area contributed by atoms with Crippen LogP contribution in [0.2, 0.25) is 5.02 Å². The lowest BCUT2D eigenvalue weighted by atomic mass is 10.1. The van der Waals surface area contributed by atoms with Crippen LogP contribution in [0.4, 0.5) is 0 Å². The van der Waals surface area contributed by atoms with Gasteiger partial charge in [0.1, 0.15) is 12.4 Å². The summed E-state index contributed by atoms with van der Waals surface area (Å²) in [6, 6.07) is 15.7. The normalized spacial score (nSPS) is 11.3. The number of aliphatic imine (C=N–C) groups is 1. The summed E-state index contributed by atoms with van der Waals surface area (Å²) in [7, 11) is 1.78. The summed E-state index contributed by atoms with van der Waals surface area (Å²) in [5.41, 5.74) is 2.27. The first-order valence-electron chi connectivity index (χ1n) is 9.71. The van der Waals surface area contributed by atoms with Crippen LogP contribution in [-0.2, 0) is 17.9 Å². The van der Waals surface area contributed by atoms with Gasteiger partial charge in [-0.3, -0.25) is 4.99 Å². The van der Waals surface area contributed by atoms with Crippen molar-refractivity contribution in [3.05, 3.63) is 64.7 Å². The fraction of sp³-hybridized carbons (Fsp3) is 0.409. The average molecular weight is 404 g/mol. The van der Waals surface area contributed by atoms with Gasteiger partial charge in [-0.2, -0.15) is 0 Å². The smallest absolute Gasteiger partial charge is 0.191 e. The first-order valence-corrected chi connectivity index (χ1v) is 10.1. The van der Waals surface area contributed by atoms with Crippen molar-refractivity contribution >= 4 is 17.6 Å². The zero-order chi connectivity index (χ0) is 20.0. The van der Waals surface area contributed by atoms with Crippen LogP contribution < -0.4 is 15.4 Å². The summed E-state index contributed by atoms with van der Waals surface area (Å²) < 4.78 is 11.2. The van der Waals surface area contributed by atoms with E-state index in [1.54, 1.807) is 7.05 Å². The van der Waals surface area contributed by atoms with E-state index in [-0.39, 0.29) is 0 Å². The number of hydrogen-bond acceptors (Lipinski definition) is 3. The zero-order valence-electron chi connectivity index (χ0n) is 16.7. The van der Waals surface area contributed by atoms with Gasteiger partial charge in [0, 0.05) is 33.4 Å². The van der Waals surface area contributed by atoms with Crippen molar-refractivity contribution in [3.63, 3.8) is 0 Å². The molecule has 0 aromatic heterocycles. The number of rotatable bonds is 11. The van der Waals surface area contributed by atoms with E-state index in [1.165, 1.54) is 0 Å². The summed E-state index contributed by atoms with van der Waals surface area (Å²) in [5.74, 6) is 1.48. The monoisotopic (exact) mass is 403 g/mol. The maximum atomic E-state index is 6.17. The van der Waals surface area contributed by atoms with Crippen LogP contribution in [0.15, 0.2) is 53.5 Å². The highest BCUT2D eigenvalue weighted by molar-refractivity contribution is 6.32. The number of unbranched alkanes of at least 4 members (excludes halogenated alkanes) is 1. The molecule has 2 N–H and O–H groups in total. The van der Waals surface area contributed by atoms with Gasteiger partial charge in [0.2, 0.25) is 0 Å². The minimum Gasteiger partial charge on any atom is -0.487 e. The van der Waals surface area contributed by atoms with E-state index in [2.05, 4.69) is 27.8 Å². The third-order valence-electron chi connectivity index (χ3n) is 4.22. The summed E-state index contributed by atoms with van der Waals surface area (Å²) in [4.78, 5) is 4.29. The summed E-state index contributed by atoms with van der Waals surface area (Å²) in [6.07, 6.45) is 2.09. The molecule has 0 radical (unpaired) electrons. The van der Waals surface area contributed by atoms with E-state index >= 15 is 0 Å². The van der Waals surface area contributed by atoms with Gasteiger partial charge >= 0.3 is 0 Å². The van der Waals surface area contributed by atoms with Gasteiger partial charge < -0.3 is 20.1 Å². The predicted molar refractivity (Wildman–Crippen MR) is 116 cm³/mol. The van der Waals surface area contributed by atoms with Gasteiger partial charge in [0.25, 0.3) is 0 Å². The molecule has 0 unspecified atom stereocenters. The molecular weight excluding hydrogens is 374 g/mol. The maximum absolute atomic E-state index is 6.17. The second-order valence-corrected chi connectivity index (χ2v) is 6.65. The number of hydrogen-bond donors (Lipinski definition) is 2. The van der Waals surface area contributed by atoms with Crippen molar-refractivity contribution in [2.24, 2.45) is 4.99 Å². The number of ether oxygens (including phenoxy) is 2. The lowest BCUT2D eigenvalue weighted by molar-refractivity contribution is 0.143. The first kappa shape index (κ1) is 22.1. The number of halogens is 1. The lowest BCUT2D eigenvalue weighted by Gasteiger charge is -2.15. The van der Waals surface area contributed by atoms with Gasteiger partial charge in [-0.15, -0.1) is 0 Å².